The summed E-state index contributed by atoms with van der Waals surface area (Å²) < 4.78 is 56.7. The van der Waals surface area contributed by atoms with Gasteiger partial charge in [-0.2, -0.15) is 13.2 Å². The van der Waals surface area contributed by atoms with Crippen LogP contribution in [0, 0.1) is 6.92 Å². The number of anilines is 1. The molecular weight excluding hydrogens is 445 g/mol. The molecule has 1 aliphatic rings. The number of alkyl halides is 3. The number of rotatable bonds is 5. The summed E-state index contributed by atoms with van der Waals surface area (Å²) in [5.74, 6) is -2.00. The number of carboxylic acid groups (broad SMARTS) is 1. The highest BCUT2D eigenvalue weighted by Crippen LogP contribution is 2.24. The molecule has 0 radical (unpaired) electrons. The van der Waals surface area contributed by atoms with E-state index in [1.54, 1.807) is 17.0 Å². The van der Waals surface area contributed by atoms with Crippen LogP contribution < -0.4 is 10.2 Å². The molecule has 1 saturated heterocycles. The highest BCUT2D eigenvalue weighted by molar-refractivity contribution is 7.90. The Labute approximate surface area is 175 Å². The Morgan fingerprint density at radius 1 is 1.40 bits per heavy atom. The van der Waals surface area contributed by atoms with Crippen molar-refractivity contribution in [1.82, 2.24) is 15.3 Å². The molecule has 1 fully saturated rings. The number of pyridine rings is 1. The van der Waals surface area contributed by atoms with Crippen LogP contribution in [-0.2, 0) is 20.4 Å². The highest BCUT2D eigenvalue weighted by atomic mass is 32.2. The number of thiazole rings is 1. The van der Waals surface area contributed by atoms with E-state index in [1.807, 2.05) is 14.0 Å². The van der Waals surface area contributed by atoms with Gasteiger partial charge in [-0.3, -0.25) is 0 Å². The molecule has 0 aliphatic carbocycles. The number of hydrogen-bond donors (Lipinski definition) is 2. The molecule has 3 heterocycles. The van der Waals surface area contributed by atoms with Gasteiger partial charge in [0.25, 0.3) is 0 Å². The predicted molar refractivity (Wildman–Crippen MR) is 105 cm³/mol. The Kier molecular flexibility index (Phi) is 7.77. The monoisotopic (exact) mass is 466 g/mol. The minimum absolute atomic E-state index is 0.0840. The average Bonchev–Trinajstić information content (AvgIpc) is 3.34. The lowest BCUT2D eigenvalue weighted by atomic mass is 10.2. The van der Waals surface area contributed by atoms with E-state index in [9.17, 15) is 21.6 Å². The van der Waals surface area contributed by atoms with Gasteiger partial charge in [0.1, 0.15) is 5.82 Å². The van der Waals surface area contributed by atoms with Crippen molar-refractivity contribution in [3.05, 3.63) is 34.4 Å². The van der Waals surface area contributed by atoms with Crippen LogP contribution in [0.1, 0.15) is 17.7 Å². The largest absolute Gasteiger partial charge is 0.490 e. The summed E-state index contributed by atoms with van der Waals surface area (Å²) in [5, 5.41) is 12.2. The van der Waals surface area contributed by atoms with Crippen molar-refractivity contribution >= 4 is 33.0 Å². The van der Waals surface area contributed by atoms with Crippen LogP contribution >= 0.6 is 11.3 Å². The van der Waals surface area contributed by atoms with Crippen molar-refractivity contribution in [2.75, 3.05) is 25.0 Å². The number of aromatic nitrogens is 2. The van der Waals surface area contributed by atoms with Gasteiger partial charge in [0.05, 0.1) is 21.9 Å². The first-order chi connectivity index (χ1) is 13.9. The Hall–Kier alpha value is -2.25. The molecule has 0 bridgehead atoms. The van der Waals surface area contributed by atoms with Crippen molar-refractivity contribution in [3.8, 4) is 0 Å². The molecule has 2 aromatic rings. The van der Waals surface area contributed by atoms with Gasteiger partial charge in [0.2, 0.25) is 0 Å². The van der Waals surface area contributed by atoms with Gasteiger partial charge in [-0.1, -0.05) is 0 Å². The topological polar surface area (TPSA) is 112 Å². The molecule has 8 nitrogen and oxygen atoms in total. The summed E-state index contributed by atoms with van der Waals surface area (Å²) in [6.45, 7) is 3.85. The van der Waals surface area contributed by atoms with Crippen LogP contribution in [0.2, 0.25) is 0 Å². The first kappa shape index (κ1) is 24.0. The maximum Gasteiger partial charge on any atom is 0.490 e. The summed E-state index contributed by atoms with van der Waals surface area (Å²) in [6, 6.07) is 2.11. The van der Waals surface area contributed by atoms with E-state index < -0.39 is 22.0 Å². The number of likely N-dealkylation sites (N-methyl/N-ethyl adjacent to an activating group) is 1. The van der Waals surface area contributed by atoms with E-state index in [-0.39, 0.29) is 10.6 Å². The van der Waals surface area contributed by atoms with Gasteiger partial charge in [-0.15, -0.1) is 11.3 Å². The standard InChI is InChI=1S/C15H20N4O2S2.C2HF3O2/c1-11-5-14(23(20,21)9-12-8-22-10-18-12)7-17-15(11)19(2)13-3-4-16-6-13;3-2(4,5)1(6)7/h5,7-8,10,13,16H,3-4,6,9H2,1-2H3;(H,6,7)/t13-;/m0./s1. The van der Waals surface area contributed by atoms with E-state index in [0.29, 0.717) is 11.7 Å². The minimum atomic E-state index is -5.08. The number of sulfone groups is 1. The lowest BCUT2D eigenvalue weighted by Crippen LogP contribution is -2.34. The second-order valence-electron chi connectivity index (χ2n) is 6.61. The molecule has 0 saturated carbocycles. The average molecular weight is 467 g/mol. The molecule has 1 aliphatic heterocycles. The molecule has 0 spiro atoms. The third-order valence-corrected chi connectivity index (χ3v) is 6.62. The minimum Gasteiger partial charge on any atom is -0.475 e. The Bertz CT molecular complexity index is 960. The number of aryl methyl sites for hydroxylation is 1. The number of nitrogens with zero attached hydrogens (tertiary/aromatic N) is 3. The van der Waals surface area contributed by atoms with E-state index in [0.717, 1.165) is 30.9 Å². The van der Waals surface area contributed by atoms with Gasteiger partial charge in [0, 0.05) is 31.2 Å². The summed E-state index contributed by atoms with van der Waals surface area (Å²) in [6.07, 6.45) is -2.55. The Morgan fingerprint density at radius 2 is 2.07 bits per heavy atom. The number of nitrogens with one attached hydrogen (secondary N) is 1. The fourth-order valence-electron chi connectivity index (χ4n) is 2.81. The normalized spacial score (nSPS) is 16.6. The summed E-state index contributed by atoms with van der Waals surface area (Å²) in [7, 11) is -1.41. The van der Waals surface area contributed by atoms with Crippen LogP contribution in [0.15, 0.2) is 28.0 Å². The molecule has 13 heteroatoms. The predicted octanol–water partition coefficient (Wildman–Crippen LogP) is 2.25. The van der Waals surface area contributed by atoms with Gasteiger partial charge < -0.3 is 15.3 Å². The van der Waals surface area contributed by atoms with Crippen LogP contribution in [0.5, 0.6) is 0 Å². The SMILES string of the molecule is Cc1cc(S(=O)(=O)Cc2cscn2)cnc1N(C)[C@H]1CCNC1.O=C(O)C(F)(F)F. The van der Waals surface area contributed by atoms with Crippen LogP contribution in [0.3, 0.4) is 0 Å². The van der Waals surface area contributed by atoms with Gasteiger partial charge in [-0.25, -0.2) is 23.2 Å². The molecule has 1 atom stereocenters. The van der Waals surface area contributed by atoms with Crippen molar-refractivity contribution in [2.24, 2.45) is 0 Å². The molecule has 30 heavy (non-hydrogen) atoms. The number of carboxylic acids is 1. The van der Waals surface area contributed by atoms with E-state index in [2.05, 4.69) is 20.2 Å². The second kappa shape index (κ2) is 9.71. The summed E-state index contributed by atoms with van der Waals surface area (Å²) in [5.41, 5.74) is 3.09. The molecule has 166 valence electrons. The fraction of sp³-hybridized carbons (Fsp3) is 0.471. The zero-order chi connectivity index (χ0) is 22.5. The molecule has 0 aromatic carbocycles. The number of carbonyl (C=O) groups is 1. The molecule has 3 rings (SSSR count). The third-order valence-electron chi connectivity index (χ3n) is 4.36. The summed E-state index contributed by atoms with van der Waals surface area (Å²) in [4.78, 5) is 19.8. The van der Waals surface area contributed by atoms with Gasteiger partial charge >= 0.3 is 12.1 Å². The zero-order valence-electron chi connectivity index (χ0n) is 16.2. The van der Waals surface area contributed by atoms with Crippen molar-refractivity contribution in [1.29, 1.82) is 0 Å². The molecular formula is C17H21F3N4O4S2. The highest BCUT2D eigenvalue weighted by Gasteiger charge is 2.38. The Balaban J connectivity index is 0.000000396. The smallest absolute Gasteiger partial charge is 0.475 e. The molecule has 0 unspecified atom stereocenters. The van der Waals surface area contributed by atoms with Gasteiger partial charge in [0.15, 0.2) is 9.84 Å². The fourth-order valence-corrected chi connectivity index (χ4v) is 4.76. The molecule has 2 aromatic heterocycles. The Morgan fingerprint density at radius 3 is 2.53 bits per heavy atom. The van der Waals surface area contributed by atoms with Crippen LogP contribution in [0.25, 0.3) is 0 Å². The maximum absolute atomic E-state index is 12.5. The second-order valence-corrected chi connectivity index (χ2v) is 9.32. The molecule has 2 N–H and O–H groups in total. The molecule has 0 amide bonds. The lowest BCUT2D eigenvalue weighted by molar-refractivity contribution is -0.192. The van der Waals surface area contributed by atoms with E-state index in [4.69, 9.17) is 9.90 Å². The first-order valence-electron chi connectivity index (χ1n) is 8.72. The number of hydrogen-bond acceptors (Lipinski definition) is 8. The third kappa shape index (κ3) is 6.37. The van der Waals surface area contributed by atoms with Crippen LogP contribution in [-0.4, -0.2) is 61.8 Å². The number of aliphatic carboxylic acids is 1. The quantitative estimate of drug-likeness (QED) is 0.690. The number of halogens is 3. The van der Waals surface area contributed by atoms with Crippen molar-refractivity contribution < 1.29 is 31.5 Å². The van der Waals surface area contributed by atoms with Crippen molar-refractivity contribution in [2.45, 2.75) is 36.2 Å². The van der Waals surface area contributed by atoms with Crippen LogP contribution in [0.4, 0.5) is 19.0 Å². The first-order valence-corrected chi connectivity index (χ1v) is 11.3. The van der Waals surface area contributed by atoms with Crippen molar-refractivity contribution in [3.63, 3.8) is 0 Å². The van der Waals surface area contributed by atoms with Gasteiger partial charge in [-0.05, 0) is 31.5 Å². The van der Waals surface area contributed by atoms with E-state index >= 15 is 0 Å². The summed E-state index contributed by atoms with van der Waals surface area (Å²) >= 11 is 1.40. The van der Waals surface area contributed by atoms with E-state index in [1.165, 1.54) is 17.5 Å². The zero-order valence-corrected chi connectivity index (χ0v) is 17.8. The maximum atomic E-state index is 12.5. The lowest BCUT2D eigenvalue weighted by Gasteiger charge is -2.26.